The van der Waals surface area contributed by atoms with Crippen molar-refractivity contribution in [2.24, 2.45) is 0 Å². The summed E-state index contributed by atoms with van der Waals surface area (Å²) in [5.74, 6) is 1.03. The molecule has 2 amide bonds. The standard InChI is InChI=1S/C10H16N2OS/c1-2-3-4-5-8-9-7(6-14-8)11-10(13)12-9/h4-5,7-9H,2-3,6H2,1H3,(H2,11,12,13)/b5-4+/t7-,8-,9-/m0/s1. The van der Waals surface area contributed by atoms with Crippen LogP contribution >= 0.6 is 11.8 Å². The molecule has 0 aromatic carbocycles. The van der Waals surface area contributed by atoms with E-state index in [9.17, 15) is 4.79 Å². The van der Waals surface area contributed by atoms with Crippen LogP contribution < -0.4 is 10.6 Å². The second kappa shape index (κ2) is 4.26. The van der Waals surface area contributed by atoms with E-state index in [2.05, 4.69) is 29.7 Å². The zero-order valence-electron chi connectivity index (χ0n) is 8.32. The molecule has 78 valence electrons. The highest BCUT2D eigenvalue weighted by Gasteiger charge is 2.41. The molecule has 0 aromatic rings. The minimum absolute atomic E-state index is 0.00538. The van der Waals surface area contributed by atoms with Crippen LogP contribution in [-0.4, -0.2) is 29.1 Å². The third kappa shape index (κ3) is 1.90. The van der Waals surface area contributed by atoms with Gasteiger partial charge in [0.15, 0.2) is 0 Å². The predicted octanol–water partition coefficient (Wildman–Crippen LogP) is 1.51. The van der Waals surface area contributed by atoms with Gasteiger partial charge in [0.2, 0.25) is 0 Å². The Kier molecular flexibility index (Phi) is 3.01. The van der Waals surface area contributed by atoms with Crippen molar-refractivity contribution in [3.8, 4) is 0 Å². The minimum Gasteiger partial charge on any atom is -0.332 e. The van der Waals surface area contributed by atoms with Gasteiger partial charge in [0.25, 0.3) is 0 Å². The number of hydrogen-bond donors (Lipinski definition) is 2. The summed E-state index contributed by atoms with van der Waals surface area (Å²) < 4.78 is 0. The number of amides is 2. The van der Waals surface area contributed by atoms with Gasteiger partial charge in [-0.15, -0.1) is 11.8 Å². The summed E-state index contributed by atoms with van der Waals surface area (Å²) in [7, 11) is 0. The highest BCUT2D eigenvalue weighted by molar-refractivity contribution is 8.00. The number of nitrogens with one attached hydrogen (secondary N) is 2. The lowest BCUT2D eigenvalue weighted by Crippen LogP contribution is -2.35. The molecule has 2 N–H and O–H groups in total. The highest BCUT2D eigenvalue weighted by atomic mass is 32.2. The van der Waals surface area contributed by atoms with E-state index in [-0.39, 0.29) is 6.03 Å². The van der Waals surface area contributed by atoms with Gasteiger partial charge in [0, 0.05) is 11.0 Å². The maximum absolute atomic E-state index is 11.1. The molecule has 3 nitrogen and oxygen atoms in total. The number of carbonyl (C=O) groups excluding carboxylic acids is 1. The fourth-order valence-electron chi connectivity index (χ4n) is 1.90. The molecule has 0 spiro atoms. The Morgan fingerprint density at radius 1 is 1.57 bits per heavy atom. The quantitative estimate of drug-likeness (QED) is 0.550. The minimum atomic E-state index is -0.00538. The Bertz CT molecular complexity index is 255. The zero-order valence-corrected chi connectivity index (χ0v) is 9.14. The first kappa shape index (κ1) is 9.90. The molecular formula is C10H16N2OS. The first-order chi connectivity index (χ1) is 6.81. The summed E-state index contributed by atoms with van der Waals surface area (Å²) in [6, 6.07) is 0.638. The summed E-state index contributed by atoms with van der Waals surface area (Å²) >= 11 is 1.92. The number of urea groups is 1. The van der Waals surface area contributed by atoms with E-state index in [1.165, 1.54) is 6.42 Å². The number of fused-ring (bicyclic) bond motifs is 1. The molecule has 0 bridgehead atoms. The van der Waals surface area contributed by atoms with Crippen LogP contribution in [0.15, 0.2) is 12.2 Å². The Hall–Kier alpha value is -0.640. The average Bonchev–Trinajstić information content (AvgIpc) is 2.66. The lowest BCUT2D eigenvalue weighted by molar-refractivity contribution is 0.247. The summed E-state index contributed by atoms with van der Waals surface area (Å²) in [4.78, 5) is 11.1. The maximum atomic E-state index is 11.1. The van der Waals surface area contributed by atoms with Crippen LogP contribution in [0.1, 0.15) is 19.8 Å². The van der Waals surface area contributed by atoms with Crippen molar-refractivity contribution in [1.29, 1.82) is 0 Å². The highest BCUT2D eigenvalue weighted by Crippen LogP contribution is 2.30. The number of thioether (sulfide) groups is 1. The molecule has 2 aliphatic rings. The van der Waals surface area contributed by atoms with E-state index in [0.29, 0.717) is 17.3 Å². The van der Waals surface area contributed by atoms with Crippen LogP contribution in [0.25, 0.3) is 0 Å². The van der Waals surface area contributed by atoms with Crippen LogP contribution in [0.4, 0.5) is 4.79 Å². The number of allylic oxidation sites excluding steroid dienone is 1. The third-order valence-electron chi connectivity index (χ3n) is 2.65. The van der Waals surface area contributed by atoms with E-state index in [1.54, 1.807) is 0 Å². The Labute approximate surface area is 88.7 Å². The first-order valence-corrected chi connectivity index (χ1v) is 6.21. The smallest absolute Gasteiger partial charge is 0.315 e. The number of rotatable bonds is 3. The summed E-state index contributed by atoms with van der Waals surface area (Å²) in [5.41, 5.74) is 0. The fourth-order valence-corrected chi connectivity index (χ4v) is 3.31. The summed E-state index contributed by atoms with van der Waals surface area (Å²) in [6.45, 7) is 2.17. The normalized spacial score (nSPS) is 35.8. The lowest BCUT2D eigenvalue weighted by atomic mass is 10.1. The number of unbranched alkanes of at least 4 members (excludes halogenated alkanes) is 1. The largest absolute Gasteiger partial charge is 0.332 e. The van der Waals surface area contributed by atoms with E-state index in [0.717, 1.165) is 12.2 Å². The van der Waals surface area contributed by atoms with Crippen molar-refractivity contribution in [2.75, 3.05) is 5.75 Å². The van der Waals surface area contributed by atoms with Gasteiger partial charge in [-0.05, 0) is 6.42 Å². The molecule has 2 saturated heterocycles. The van der Waals surface area contributed by atoms with Gasteiger partial charge in [-0.25, -0.2) is 4.79 Å². The van der Waals surface area contributed by atoms with Crippen molar-refractivity contribution in [2.45, 2.75) is 37.1 Å². The maximum Gasteiger partial charge on any atom is 0.315 e. The van der Waals surface area contributed by atoms with Crippen molar-refractivity contribution < 1.29 is 4.79 Å². The fraction of sp³-hybridized carbons (Fsp3) is 0.700. The molecule has 0 aromatic heterocycles. The molecular weight excluding hydrogens is 196 g/mol. The van der Waals surface area contributed by atoms with Gasteiger partial charge in [0.1, 0.15) is 0 Å². The summed E-state index contributed by atoms with van der Waals surface area (Å²) in [5, 5.41) is 6.37. The van der Waals surface area contributed by atoms with Gasteiger partial charge in [0.05, 0.1) is 12.1 Å². The average molecular weight is 212 g/mol. The van der Waals surface area contributed by atoms with Gasteiger partial charge < -0.3 is 10.6 Å². The molecule has 2 heterocycles. The van der Waals surface area contributed by atoms with Crippen LogP contribution in [0, 0.1) is 0 Å². The third-order valence-corrected chi connectivity index (χ3v) is 4.04. The van der Waals surface area contributed by atoms with E-state index < -0.39 is 0 Å². The SMILES string of the molecule is CCC/C=C/[C@@H]1SC[C@@H]2NC(=O)N[C@@H]21. The van der Waals surface area contributed by atoms with Crippen molar-refractivity contribution in [3.63, 3.8) is 0 Å². The molecule has 0 aliphatic carbocycles. The lowest BCUT2D eigenvalue weighted by Gasteiger charge is -2.12. The van der Waals surface area contributed by atoms with E-state index in [1.807, 2.05) is 11.8 Å². The van der Waals surface area contributed by atoms with Crippen LogP contribution in [0.5, 0.6) is 0 Å². The molecule has 2 aliphatic heterocycles. The van der Waals surface area contributed by atoms with Crippen molar-refractivity contribution in [3.05, 3.63) is 12.2 Å². The molecule has 2 rings (SSSR count). The zero-order chi connectivity index (χ0) is 9.97. The topological polar surface area (TPSA) is 41.1 Å². The monoisotopic (exact) mass is 212 g/mol. The Morgan fingerprint density at radius 2 is 2.43 bits per heavy atom. The van der Waals surface area contributed by atoms with Crippen LogP contribution in [0.3, 0.4) is 0 Å². The van der Waals surface area contributed by atoms with E-state index >= 15 is 0 Å². The number of hydrogen-bond acceptors (Lipinski definition) is 2. The molecule has 2 fully saturated rings. The van der Waals surface area contributed by atoms with Crippen molar-refractivity contribution >= 4 is 17.8 Å². The van der Waals surface area contributed by atoms with Gasteiger partial charge >= 0.3 is 6.03 Å². The van der Waals surface area contributed by atoms with Gasteiger partial charge in [-0.1, -0.05) is 25.5 Å². The molecule has 0 unspecified atom stereocenters. The Morgan fingerprint density at radius 3 is 3.21 bits per heavy atom. The van der Waals surface area contributed by atoms with Crippen LogP contribution in [0.2, 0.25) is 0 Å². The van der Waals surface area contributed by atoms with Crippen molar-refractivity contribution in [1.82, 2.24) is 10.6 Å². The van der Waals surface area contributed by atoms with Gasteiger partial charge in [-0.3, -0.25) is 0 Å². The first-order valence-electron chi connectivity index (χ1n) is 5.16. The summed E-state index contributed by atoms with van der Waals surface area (Å²) in [6.07, 6.45) is 6.79. The second-order valence-electron chi connectivity index (χ2n) is 3.76. The number of carbonyl (C=O) groups is 1. The van der Waals surface area contributed by atoms with Crippen LogP contribution in [-0.2, 0) is 0 Å². The Balaban J connectivity index is 1.92. The van der Waals surface area contributed by atoms with E-state index in [4.69, 9.17) is 0 Å². The van der Waals surface area contributed by atoms with Gasteiger partial charge in [-0.2, -0.15) is 0 Å². The molecule has 3 atom stereocenters. The predicted molar refractivity (Wildman–Crippen MR) is 59.5 cm³/mol. The second-order valence-corrected chi connectivity index (χ2v) is 4.98. The molecule has 0 saturated carbocycles. The molecule has 0 radical (unpaired) electrons. The molecule has 4 heteroatoms. The molecule has 14 heavy (non-hydrogen) atoms.